The standard InChI is InChI=1S/C6H7ClN4/c1-10-4-8-11-6(10)3-2-5(7)9-11/h2-4,9H,1H3. The molecule has 2 aliphatic rings. The Bertz CT molecular complexity index is 268. The van der Waals surface area contributed by atoms with Crippen LogP contribution in [0.2, 0.25) is 0 Å². The Morgan fingerprint density at radius 2 is 2.36 bits per heavy atom. The number of hydrazine groups is 1. The van der Waals surface area contributed by atoms with Crippen LogP contribution in [-0.2, 0) is 0 Å². The zero-order chi connectivity index (χ0) is 7.84. The summed E-state index contributed by atoms with van der Waals surface area (Å²) in [6.07, 6.45) is 5.40. The summed E-state index contributed by atoms with van der Waals surface area (Å²) in [5.74, 6) is 0.967. The Balaban J connectivity index is 2.31. The molecule has 0 aromatic heterocycles. The third-order valence-corrected chi connectivity index (χ3v) is 1.72. The first kappa shape index (κ1) is 6.54. The summed E-state index contributed by atoms with van der Waals surface area (Å²) in [6.45, 7) is 0. The van der Waals surface area contributed by atoms with Crippen LogP contribution in [0, 0.1) is 0 Å². The fraction of sp³-hybridized carbons (Fsp3) is 0.167. The van der Waals surface area contributed by atoms with Crippen molar-refractivity contribution in [2.24, 2.45) is 5.10 Å². The highest BCUT2D eigenvalue weighted by Crippen LogP contribution is 2.18. The van der Waals surface area contributed by atoms with Gasteiger partial charge in [-0.1, -0.05) is 11.6 Å². The van der Waals surface area contributed by atoms with Crippen molar-refractivity contribution in [2.45, 2.75) is 0 Å². The summed E-state index contributed by atoms with van der Waals surface area (Å²) in [4.78, 5) is 1.90. The molecule has 0 radical (unpaired) electrons. The Hall–Kier alpha value is -1.16. The van der Waals surface area contributed by atoms with Gasteiger partial charge in [-0.2, -0.15) is 5.12 Å². The third kappa shape index (κ3) is 0.952. The van der Waals surface area contributed by atoms with E-state index in [0.717, 1.165) is 5.82 Å². The van der Waals surface area contributed by atoms with Crippen LogP contribution >= 0.6 is 11.6 Å². The Kier molecular flexibility index (Phi) is 1.29. The maximum atomic E-state index is 5.70. The summed E-state index contributed by atoms with van der Waals surface area (Å²) in [5.41, 5.74) is 2.86. The molecule has 0 aromatic rings. The maximum Gasteiger partial charge on any atom is 0.153 e. The fourth-order valence-electron chi connectivity index (χ4n) is 0.957. The van der Waals surface area contributed by atoms with Gasteiger partial charge < -0.3 is 4.90 Å². The number of nitrogens with zero attached hydrogens (tertiary/aromatic N) is 3. The molecular formula is C6H7ClN4. The molecule has 0 saturated heterocycles. The Labute approximate surface area is 69.4 Å². The van der Waals surface area contributed by atoms with E-state index in [-0.39, 0.29) is 0 Å². The second kappa shape index (κ2) is 2.17. The predicted octanol–water partition coefficient (Wildman–Crippen LogP) is 0.617. The largest absolute Gasteiger partial charge is 0.317 e. The molecule has 0 bridgehead atoms. The molecule has 0 atom stereocenters. The zero-order valence-electron chi connectivity index (χ0n) is 5.95. The van der Waals surface area contributed by atoms with Crippen molar-refractivity contribution in [3.8, 4) is 0 Å². The van der Waals surface area contributed by atoms with Crippen molar-refractivity contribution in [1.82, 2.24) is 15.4 Å². The van der Waals surface area contributed by atoms with E-state index in [1.54, 1.807) is 17.5 Å². The lowest BCUT2D eigenvalue weighted by Crippen LogP contribution is -2.33. The van der Waals surface area contributed by atoms with Gasteiger partial charge in [0.2, 0.25) is 0 Å². The highest BCUT2D eigenvalue weighted by Gasteiger charge is 2.20. The quantitative estimate of drug-likeness (QED) is 0.541. The molecular weight excluding hydrogens is 164 g/mol. The highest BCUT2D eigenvalue weighted by molar-refractivity contribution is 6.29. The number of hydrogen-bond acceptors (Lipinski definition) is 4. The van der Waals surface area contributed by atoms with E-state index in [9.17, 15) is 0 Å². The topological polar surface area (TPSA) is 30.9 Å². The summed E-state index contributed by atoms with van der Waals surface area (Å²) in [7, 11) is 1.92. The predicted molar refractivity (Wildman–Crippen MR) is 43.2 cm³/mol. The average molecular weight is 171 g/mol. The molecule has 1 N–H and O–H groups in total. The molecule has 0 amide bonds. The van der Waals surface area contributed by atoms with Crippen molar-refractivity contribution in [3.63, 3.8) is 0 Å². The van der Waals surface area contributed by atoms with Crippen molar-refractivity contribution in [1.29, 1.82) is 0 Å². The van der Waals surface area contributed by atoms with Crippen LogP contribution in [0.3, 0.4) is 0 Å². The van der Waals surface area contributed by atoms with Crippen LogP contribution in [0.5, 0.6) is 0 Å². The molecule has 0 saturated carbocycles. The number of halogens is 1. The molecule has 2 aliphatic heterocycles. The summed E-state index contributed by atoms with van der Waals surface area (Å²) >= 11 is 5.70. The number of hydrazone groups is 1. The van der Waals surface area contributed by atoms with Gasteiger partial charge in [0.05, 0.1) is 0 Å². The zero-order valence-corrected chi connectivity index (χ0v) is 6.71. The normalized spacial score (nSPS) is 20.9. The second-order valence-corrected chi connectivity index (χ2v) is 2.71. The molecule has 0 aromatic carbocycles. The molecule has 0 unspecified atom stereocenters. The van der Waals surface area contributed by atoms with Gasteiger partial charge in [-0.15, -0.1) is 5.10 Å². The van der Waals surface area contributed by atoms with Gasteiger partial charge in [-0.3, -0.25) is 5.43 Å². The lowest BCUT2D eigenvalue weighted by molar-refractivity contribution is 0.271. The van der Waals surface area contributed by atoms with E-state index in [0.29, 0.717) is 5.16 Å². The minimum Gasteiger partial charge on any atom is -0.317 e. The van der Waals surface area contributed by atoms with Gasteiger partial charge in [-0.25, -0.2) is 0 Å². The lowest BCUT2D eigenvalue weighted by atomic mass is 10.4. The van der Waals surface area contributed by atoms with Crippen LogP contribution in [-0.4, -0.2) is 23.4 Å². The number of fused-ring (bicyclic) bond motifs is 1. The number of rotatable bonds is 0. The minimum absolute atomic E-state index is 0.571. The molecule has 58 valence electrons. The van der Waals surface area contributed by atoms with Crippen LogP contribution in [0.25, 0.3) is 0 Å². The van der Waals surface area contributed by atoms with E-state index in [4.69, 9.17) is 11.6 Å². The SMILES string of the molecule is CN1C=NN2NC(Cl)=CC=C12. The fourth-order valence-corrected chi connectivity index (χ4v) is 1.10. The van der Waals surface area contributed by atoms with Crippen LogP contribution < -0.4 is 5.43 Å². The molecule has 0 fully saturated rings. The van der Waals surface area contributed by atoms with Gasteiger partial charge in [-0.05, 0) is 12.2 Å². The molecule has 2 heterocycles. The van der Waals surface area contributed by atoms with E-state index >= 15 is 0 Å². The Morgan fingerprint density at radius 3 is 3.18 bits per heavy atom. The number of nitrogens with one attached hydrogen (secondary N) is 1. The lowest BCUT2D eigenvalue weighted by Gasteiger charge is -2.22. The van der Waals surface area contributed by atoms with Gasteiger partial charge in [0, 0.05) is 7.05 Å². The van der Waals surface area contributed by atoms with Crippen LogP contribution in [0.15, 0.2) is 28.2 Å². The van der Waals surface area contributed by atoms with Crippen molar-refractivity contribution in [3.05, 3.63) is 23.1 Å². The Morgan fingerprint density at radius 1 is 1.55 bits per heavy atom. The first-order valence-electron chi connectivity index (χ1n) is 3.18. The monoisotopic (exact) mass is 170 g/mol. The summed E-state index contributed by atoms with van der Waals surface area (Å²) in [6, 6.07) is 0. The summed E-state index contributed by atoms with van der Waals surface area (Å²) in [5, 5.41) is 6.20. The molecule has 5 heteroatoms. The van der Waals surface area contributed by atoms with E-state index in [1.165, 1.54) is 0 Å². The average Bonchev–Trinajstić information content (AvgIpc) is 2.32. The number of hydrogen-bond donors (Lipinski definition) is 1. The van der Waals surface area contributed by atoms with Gasteiger partial charge in [0.1, 0.15) is 11.5 Å². The molecule has 11 heavy (non-hydrogen) atoms. The number of allylic oxidation sites excluding steroid dienone is 2. The summed E-state index contributed by atoms with van der Waals surface area (Å²) < 4.78 is 0. The van der Waals surface area contributed by atoms with Gasteiger partial charge in [0.15, 0.2) is 5.82 Å². The van der Waals surface area contributed by atoms with Crippen molar-refractivity contribution in [2.75, 3.05) is 7.05 Å². The van der Waals surface area contributed by atoms with Gasteiger partial charge in [0.25, 0.3) is 0 Å². The first-order valence-corrected chi connectivity index (χ1v) is 3.56. The van der Waals surface area contributed by atoms with Crippen molar-refractivity contribution < 1.29 is 0 Å². The molecule has 4 nitrogen and oxygen atoms in total. The first-order chi connectivity index (χ1) is 5.27. The smallest absolute Gasteiger partial charge is 0.153 e. The van der Waals surface area contributed by atoms with Crippen molar-refractivity contribution >= 4 is 17.9 Å². The molecule has 0 spiro atoms. The molecule has 0 aliphatic carbocycles. The molecule has 2 rings (SSSR count). The van der Waals surface area contributed by atoms with E-state index < -0.39 is 0 Å². The van der Waals surface area contributed by atoms with E-state index in [2.05, 4.69) is 10.5 Å². The maximum absolute atomic E-state index is 5.70. The van der Waals surface area contributed by atoms with Crippen LogP contribution in [0.4, 0.5) is 0 Å². The van der Waals surface area contributed by atoms with Gasteiger partial charge >= 0.3 is 0 Å². The minimum atomic E-state index is 0.571. The van der Waals surface area contributed by atoms with E-state index in [1.807, 2.05) is 18.0 Å². The highest BCUT2D eigenvalue weighted by atomic mass is 35.5. The van der Waals surface area contributed by atoms with Crippen LogP contribution in [0.1, 0.15) is 0 Å². The second-order valence-electron chi connectivity index (χ2n) is 2.30. The third-order valence-electron chi connectivity index (χ3n) is 1.51.